The Labute approximate surface area is 108 Å². The van der Waals surface area contributed by atoms with Gasteiger partial charge in [0.15, 0.2) is 0 Å². The van der Waals surface area contributed by atoms with E-state index in [4.69, 9.17) is 5.11 Å². The topological polar surface area (TPSA) is 37.3 Å². The third kappa shape index (κ3) is 3.70. The Kier molecular flexibility index (Phi) is 4.22. The van der Waals surface area contributed by atoms with E-state index < -0.39 is 11.7 Å². The van der Waals surface area contributed by atoms with Crippen molar-refractivity contribution in [1.82, 2.24) is 0 Å². The normalized spacial score (nSPS) is 16.8. The molecule has 0 aliphatic heterocycles. The van der Waals surface area contributed by atoms with Gasteiger partial charge in [0.05, 0.1) is 6.42 Å². The van der Waals surface area contributed by atoms with Crippen LogP contribution < -0.4 is 0 Å². The minimum absolute atomic E-state index is 0.0214. The van der Waals surface area contributed by atoms with Gasteiger partial charge in [0.25, 0.3) is 5.76 Å². The zero-order valence-electron chi connectivity index (χ0n) is 9.68. The molecule has 5 heteroatoms. The summed E-state index contributed by atoms with van der Waals surface area (Å²) in [5, 5.41) is 8.89. The highest BCUT2D eigenvalue weighted by molar-refractivity contribution is 7.99. The number of hydrogen-bond donors (Lipinski definition) is 1. The second-order valence-electron chi connectivity index (χ2n) is 4.49. The van der Waals surface area contributed by atoms with Crippen LogP contribution in [0.3, 0.4) is 0 Å². The number of hydrogen-bond acceptors (Lipinski definition) is 2. The maximum atomic E-state index is 12.2. The summed E-state index contributed by atoms with van der Waals surface area (Å²) in [6, 6.07) is 6.83. The van der Waals surface area contributed by atoms with Crippen LogP contribution in [0, 0.1) is 5.92 Å². The second kappa shape index (κ2) is 5.69. The van der Waals surface area contributed by atoms with Crippen molar-refractivity contribution < 1.29 is 18.7 Å². The molecule has 1 atom stereocenters. The summed E-state index contributed by atoms with van der Waals surface area (Å²) in [6.45, 7) is 0. The van der Waals surface area contributed by atoms with Crippen molar-refractivity contribution in [2.75, 3.05) is 0 Å². The molecular formula is C13H14F2O2S. The highest BCUT2D eigenvalue weighted by Crippen LogP contribution is 2.44. The molecule has 0 bridgehead atoms. The van der Waals surface area contributed by atoms with Crippen molar-refractivity contribution in [2.45, 2.75) is 35.8 Å². The molecule has 1 fully saturated rings. The average Bonchev–Trinajstić information content (AvgIpc) is 3.10. The summed E-state index contributed by atoms with van der Waals surface area (Å²) in [4.78, 5) is 11.3. The van der Waals surface area contributed by atoms with Crippen LogP contribution in [0.2, 0.25) is 0 Å². The lowest BCUT2D eigenvalue weighted by Gasteiger charge is -2.14. The maximum Gasteiger partial charge on any atom is 0.303 e. The van der Waals surface area contributed by atoms with Gasteiger partial charge in [-0.2, -0.15) is 8.78 Å². The first kappa shape index (κ1) is 13.3. The number of thioether (sulfide) groups is 1. The van der Waals surface area contributed by atoms with Gasteiger partial charge in [-0.1, -0.05) is 23.9 Å². The van der Waals surface area contributed by atoms with E-state index in [1.165, 1.54) is 0 Å². The van der Waals surface area contributed by atoms with E-state index in [9.17, 15) is 13.6 Å². The lowest BCUT2D eigenvalue weighted by atomic mass is 9.91. The smallest absolute Gasteiger partial charge is 0.303 e. The molecule has 2 nitrogen and oxygen atoms in total. The average molecular weight is 272 g/mol. The molecule has 0 aromatic heterocycles. The Balaban J connectivity index is 2.08. The molecule has 98 valence electrons. The first-order valence-electron chi connectivity index (χ1n) is 5.83. The number of alkyl halides is 2. The molecule has 0 saturated heterocycles. The fraction of sp³-hybridized carbons (Fsp3) is 0.462. The van der Waals surface area contributed by atoms with Crippen LogP contribution in [-0.2, 0) is 4.79 Å². The number of rotatable bonds is 6. The predicted molar refractivity (Wildman–Crippen MR) is 66.0 cm³/mol. The molecule has 1 unspecified atom stereocenters. The van der Waals surface area contributed by atoms with E-state index in [1.54, 1.807) is 24.3 Å². The van der Waals surface area contributed by atoms with Gasteiger partial charge in [-0.05, 0) is 42.4 Å². The van der Waals surface area contributed by atoms with Crippen LogP contribution in [0.1, 0.15) is 30.7 Å². The largest absolute Gasteiger partial charge is 0.481 e. The van der Waals surface area contributed by atoms with Crippen LogP contribution >= 0.6 is 11.8 Å². The van der Waals surface area contributed by atoms with Crippen molar-refractivity contribution in [1.29, 1.82) is 0 Å². The lowest BCUT2D eigenvalue weighted by molar-refractivity contribution is -0.137. The Morgan fingerprint density at radius 3 is 2.39 bits per heavy atom. The summed E-state index contributed by atoms with van der Waals surface area (Å²) in [7, 11) is 0. The molecule has 0 amide bonds. The van der Waals surface area contributed by atoms with Gasteiger partial charge < -0.3 is 5.11 Å². The summed E-state index contributed by atoms with van der Waals surface area (Å²) in [5.41, 5.74) is 0.943. The Hall–Kier alpha value is -1.10. The predicted octanol–water partition coefficient (Wildman–Crippen LogP) is 3.97. The zero-order chi connectivity index (χ0) is 13.1. The first-order chi connectivity index (χ1) is 8.56. The van der Waals surface area contributed by atoms with Crippen molar-refractivity contribution >= 4 is 17.7 Å². The minimum Gasteiger partial charge on any atom is -0.481 e. The van der Waals surface area contributed by atoms with E-state index in [0.717, 1.165) is 18.4 Å². The molecule has 0 radical (unpaired) electrons. The number of carboxylic acids is 1. The zero-order valence-corrected chi connectivity index (χ0v) is 10.5. The Morgan fingerprint density at radius 1 is 1.33 bits per heavy atom. The van der Waals surface area contributed by atoms with Gasteiger partial charge in [-0.3, -0.25) is 4.79 Å². The van der Waals surface area contributed by atoms with Crippen molar-refractivity contribution in [3.05, 3.63) is 29.8 Å². The van der Waals surface area contributed by atoms with E-state index >= 15 is 0 Å². The number of halogens is 2. The summed E-state index contributed by atoms with van der Waals surface area (Å²) in [5.74, 6) is -2.77. The molecule has 1 aliphatic rings. The van der Waals surface area contributed by atoms with E-state index in [-0.39, 0.29) is 12.3 Å². The van der Waals surface area contributed by atoms with Gasteiger partial charge in [-0.25, -0.2) is 0 Å². The fourth-order valence-corrected chi connectivity index (χ4v) is 2.64. The highest BCUT2D eigenvalue weighted by atomic mass is 32.2. The summed E-state index contributed by atoms with van der Waals surface area (Å²) >= 11 is 0.507. The van der Waals surface area contributed by atoms with Gasteiger partial charge in [0.2, 0.25) is 0 Å². The SMILES string of the molecule is O=C(O)CC(c1ccc(SC(F)F)cc1)C1CC1. The Morgan fingerprint density at radius 2 is 1.94 bits per heavy atom. The van der Waals surface area contributed by atoms with Crippen molar-refractivity contribution in [3.63, 3.8) is 0 Å². The number of aliphatic carboxylic acids is 1. The monoisotopic (exact) mass is 272 g/mol. The summed E-state index contributed by atoms with van der Waals surface area (Å²) < 4.78 is 24.4. The van der Waals surface area contributed by atoms with Gasteiger partial charge in [0, 0.05) is 4.90 Å². The van der Waals surface area contributed by atoms with Crippen LogP contribution in [-0.4, -0.2) is 16.8 Å². The van der Waals surface area contributed by atoms with Crippen molar-refractivity contribution in [2.24, 2.45) is 5.92 Å². The molecular weight excluding hydrogens is 258 g/mol. The molecule has 2 rings (SSSR count). The number of carboxylic acid groups (broad SMARTS) is 1. The van der Waals surface area contributed by atoms with Gasteiger partial charge in [-0.15, -0.1) is 0 Å². The highest BCUT2D eigenvalue weighted by Gasteiger charge is 2.33. The molecule has 1 aliphatic carbocycles. The van der Waals surface area contributed by atoms with E-state index in [2.05, 4.69) is 0 Å². The lowest BCUT2D eigenvalue weighted by Crippen LogP contribution is -2.08. The summed E-state index contributed by atoms with van der Waals surface area (Å²) in [6.07, 6.45) is 2.24. The van der Waals surface area contributed by atoms with Crippen LogP contribution in [0.15, 0.2) is 29.2 Å². The maximum absolute atomic E-state index is 12.2. The van der Waals surface area contributed by atoms with Gasteiger partial charge in [0.1, 0.15) is 0 Å². The molecule has 0 spiro atoms. The van der Waals surface area contributed by atoms with E-state index in [0.29, 0.717) is 22.6 Å². The molecule has 1 saturated carbocycles. The third-order valence-electron chi connectivity index (χ3n) is 3.12. The van der Waals surface area contributed by atoms with Crippen LogP contribution in [0.4, 0.5) is 8.78 Å². The minimum atomic E-state index is -2.42. The first-order valence-corrected chi connectivity index (χ1v) is 6.71. The van der Waals surface area contributed by atoms with Gasteiger partial charge >= 0.3 is 5.97 Å². The Bertz CT molecular complexity index is 416. The van der Waals surface area contributed by atoms with Crippen LogP contribution in [0.5, 0.6) is 0 Å². The number of benzene rings is 1. The van der Waals surface area contributed by atoms with E-state index in [1.807, 2.05) is 0 Å². The molecule has 18 heavy (non-hydrogen) atoms. The molecule has 0 heterocycles. The fourth-order valence-electron chi connectivity index (χ4n) is 2.14. The molecule has 1 aromatic carbocycles. The van der Waals surface area contributed by atoms with Crippen molar-refractivity contribution in [3.8, 4) is 0 Å². The quantitative estimate of drug-likeness (QED) is 0.796. The second-order valence-corrected chi connectivity index (χ2v) is 5.55. The molecule has 1 N–H and O–H groups in total. The van der Waals surface area contributed by atoms with Crippen LogP contribution in [0.25, 0.3) is 0 Å². The number of carbonyl (C=O) groups is 1. The molecule has 1 aromatic rings. The standard InChI is InChI=1S/C13H14F2O2S/c14-13(15)18-10-5-3-9(4-6-10)11(7-12(16)17)8-1-2-8/h3-6,8,11,13H,1-2,7H2,(H,16,17). The third-order valence-corrected chi connectivity index (χ3v) is 3.84.